The molecule has 0 aliphatic rings. The Morgan fingerprint density at radius 1 is 1.12 bits per heavy atom. The molecule has 84 valence electrons. The first kappa shape index (κ1) is 11.1. The summed E-state index contributed by atoms with van der Waals surface area (Å²) in [6.07, 6.45) is 0. The number of aromatic nitrogens is 1. The third kappa shape index (κ3) is 2.07. The number of hydrogen-bond acceptors (Lipinski definition) is 2. The lowest BCUT2D eigenvalue weighted by atomic mass is 9.96. The Bertz CT molecular complexity index is 503. The Hall–Kier alpha value is -1.41. The number of fused-ring (bicyclic) bond motifs is 1. The number of rotatable bonds is 2. The summed E-state index contributed by atoms with van der Waals surface area (Å²) in [7, 11) is 0. The van der Waals surface area contributed by atoms with Crippen LogP contribution in [0.25, 0.3) is 10.9 Å². The third-order valence-electron chi connectivity index (χ3n) is 2.96. The number of nitrogens with zero attached hydrogens (tertiary/aromatic N) is 1. The molecule has 0 radical (unpaired) electrons. The normalized spacial score (nSPS) is 13.3. The molecule has 2 heteroatoms. The van der Waals surface area contributed by atoms with Crippen LogP contribution in [0.4, 0.5) is 0 Å². The molecule has 0 bridgehead atoms. The van der Waals surface area contributed by atoms with Gasteiger partial charge >= 0.3 is 0 Å². The van der Waals surface area contributed by atoms with Gasteiger partial charge in [0.25, 0.3) is 0 Å². The molecule has 1 aromatic carbocycles. The standard InChI is InChI=1S/C14H18N2/c1-9(2)14(15)12-6-7-13-11(8-12)5-4-10(3)16-13/h4-9,14H,15H2,1-3H3. The molecule has 0 fully saturated rings. The van der Waals surface area contributed by atoms with Gasteiger partial charge in [-0.25, -0.2) is 0 Å². The van der Waals surface area contributed by atoms with E-state index < -0.39 is 0 Å². The van der Waals surface area contributed by atoms with E-state index in [4.69, 9.17) is 5.73 Å². The van der Waals surface area contributed by atoms with Crippen LogP contribution >= 0.6 is 0 Å². The minimum atomic E-state index is 0.103. The largest absolute Gasteiger partial charge is 0.324 e. The van der Waals surface area contributed by atoms with Crippen molar-refractivity contribution in [3.8, 4) is 0 Å². The number of benzene rings is 1. The summed E-state index contributed by atoms with van der Waals surface area (Å²) in [4.78, 5) is 4.48. The van der Waals surface area contributed by atoms with Crippen molar-refractivity contribution in [3.63, 3.8) is 0 Å². The third-order valence-corrected chi connectivity index (χ3v) is 2.96. The van der Waals surface area contributed by atoms with Gasteiger partial charge in [-0.15, -0.1) is 0 Å². The van der Waals surface area contributed by atoms with Gasteiger partial charge in [0, 0.05) is 17.1 Å². The number of hydrogen-bond donors (Lipinski definition) is 1. The lowest BCUT2D eigenvalue weighted by Gasteiger charge is -2.16. The van der Waals surface area contributed by atoms with E-state index in [0.717, 1.165) is 11.2 Å². The van der Waals surface area contributed by atoms with Crippen LogP contribution in [-0.4, -0.2) is 4.98 Å². The van der Waals surface area contributed by atoms with Crippen molar-refractivity contribution in [2.75, 3.05) is 0 Å². The summed E-state index contributed by atoms with van der Waals surface area (Å²) < 4.78 is 0. The Morgan fingerprint density at radius 2 is 1.88 bits per heavy atom. The lowest BCUT2D eigenvalue weighted by Crippen LogP contribution is -2.16. The molecule has 0 aliphatic heterocycles. The molecule has 16 heavy (non-hydrogen) atoms. The number of pyridine rings is 1. The van der Waals surface area contributed by atoms with Crippen LogP contribution < -0.4 is 5.73 Å². The zero-order valence-electron chi connectivity index (χ0n) is 10.1. The first-order valence-electron chi connectivity index (χ1n) is 5.71. The van der Waals surface area contributed by atoms with Gasteiger partial charge < -0.3 is 5.73 Å². The molecule has 2 N–H and O–H groups in total. The average molecular weight is 214 g/mol. The Labute approximate surface area is 96.5 Å². The predicted octanol–water partition coefficient (Wildman–Crippen LogP) is 3.20. The first-order valence-corrected chi connectivity index (χ1v) is 5.71. The maximum atomic E-state index is 6.14. The van der Waals surface area contributed by atoms with E-state index in [-0.39, 0.29) is 6.04 Å². The first-order chi connectivity index (χ1) is 7.58. The molecular weight excluding hydrogens is 196 g/mol. The summed E-state index contributed by atoms with van der Waals surface area (Å²) in [5.41, 5.74) is 9.42. The highest BCUT2D eigenvalue weighted by Crippen LogP contribution is 2.22. The minimum Gasteiger partial charge on any atom is -0.324 e. The Kier molecular flexibility index (Phi) is 2.92. The van der Waals surface area contributed by atoms with Gasteiger partial charge in [-0.3, -0.25) is 4.98 Å². The van der Waals surface area contributed by atoms with Gasteiger partial charge in [0.15, 0.2) is 0 Å². The summed E-state index contributed by atoms with van der Waals surface area (Å²) in [5.74, 6) is 0.454. The van der Waals surface area contributed by atoms with Crippen LogP contribution in [-0.2, 0) is 0 Å². The van der Waals surface area contributed by atoms with Gasteiger partial charge in [0.2, 0.25) is 0 Å². The maximum absolute atomic E-state index is 6.14. The molecule has 2 nitrogen and oxygen atoms in total. The zero-order valence-corrected chi connectivity index (χ0v) is 10.1. The molecular formula is C14H18N2. The average Bonchev–Trinajstić information content (AvgIpc) is 2.27. The molecule has 1 unspecified atom stereocenters. The molecule has 0 amide bonds. The van der Waals surface area contributed by atoms with Crippen molar-refractivity contribution in [2.45, 2.75) is 26.8 Å². The van der Waals surface area contributed by atoms with Gasteiger partial charge in [0.05, 0.1) is 5.52 Å². The summed E-state index contributed by atoms with van der Waals surface area (Å²) in [6, 6.07) is 10.5. The SMILES string of the molecule is Cc1ccc2cc(C(N)C(C)C)ccc2n1. The number of aryl methyl sites for hydroxylation is 1. The van der Waals surface area contributed by atoms with E-state index in [1.54, 1.807) is 0 Å². The van der Waals surface area contributed by atoms with Crippen molar-refractivity contribution in [1.29, 1.82) is 0 Å². The van der Waals surface area contributed by atoms with Crippen molar-refractivity contribution in [3.05, 3.63) is 41.6 Å². The van der Waals surface area contributed by atoms with E-state index in [0.29, 0.717) is 5.92 Å². The molecule has 2 rings (SSSR count). The fourth-order valence-electron chi connectivity index (χ4n) is 1.84. The van der Waals surface area contributed by atoms with E-state index in [1.165, 1.54) is 10.9 Å². The van der Waals surface area contributed by atoms with Crippen LogP contribution in [0.1, 0.15) is 31.1 Å². The summed E-state index contributed by atoms with van der Waals surface area (Å²) in [5, 5.41) is 1.17. The van der Waals surface area contributed by atoms with Crippen LogP contribution in [0.3, 0.4) is 0 Å². The van der Waals surface area contributed by atoms with Crippen LogP contribution in [0.15, 0.2) is 30.3 Å². The quantitative estimate of drug-likeness (QED) is 0.833. The Balaban J connectivity index is 2.48. The summed E-state index contributed by atoms with van der Waals surface area (Å²) >= 11 is 0. The van der Waals surface area contributed by atoms with Gasteiger partial charge in [-0.05, 0) is 36.6 Å². The molecule has 1 aromatic heterocycles. The summed E-state index contributed by atoms with van der Waals surface area (Å²) in [6.45, 7) is 6.29. The molecule has 0 saturated carbocycles. The lowest BCUT2D eigenvalue weighted by molar-refractivity contribution is 0.514. The van der Waals surface area contributed by atoms with Crippen LogP contribution in [0.5, 0.6) is 0 Å². The predicted molar refractivity (Wildman–Crippen MR) is 68.2 cm³/mol. The second-order valence-corrected chi connectivity index (χ2v) is 4.67. The van der Waals surface area contributed by atoms with E-state index >= 15 is 0 Å². The molecule has 2 aromatic rings. The highest BCUT2D eigenvalue weighted by molar-refractivity contribution is 5.79. The smallest absolute Gasteiger partial charge is 0.0705 e. The maximum Gasteiger partial charge on any atom is 0.0705 e. The molecule has 1 heterocycles. The number of nitrogens with two attached hydrogens (primary N) is 1. The van der Waals surface area contributed by atoms with Crippen molar-refractivity contribution < 1.29 is 0 Å². The monoisotopic (exact) mass is 214 g/mol. The second-order valence-electron chi connectivity index (χ2n) is 4.67. The minimum absolute atomic E-state index is 0.103. The topological polar surface area (TPSA) is 38.9 Å². The van der Waals surface area contributed by atoms with Gasteiger partial charge in [-0.1, -0.05) is 26.0 Å². The van der Waals surface area contributed by atoms with Crippen molar-refractivity contribution >= 4 is 10.9 Å². The van der Waals surface area contributed by atoms with Crippen LogP contribution in [0, 0.1) is 12.8 Å². The van der Waals surface area contributed by atoms with E-state index in [9.17, 15) is 0 Å². The van der Waals surface area contributed by atoms with Crippen LogP contribution in [0.2, 0.25) is 0 Å². The molecule has 0 saturated heterocycles. The fraction of sp³-hybridized carbons (Fsp3) is 0.357. The highest BCUT2D eigenvalue weighted by atomic mass is 14.7. The Morgan fingerprint density at radius 3 is 2.56 bits per heavy atom. The fourth-order valence-corrected chi connectivity index (χ4v) is 1.84. The molecule has 0 aliphatic carbocycles. The van der Waals surface area contributed by atoms with Crippen molar-refractivity contribution in [2.24, 2.45) is 11.7 Å². The molecule has 0 spiro atoms. The second kappa shape index (κ2) is 4.22. The van der Waals surface area contributed by atoms with Gasteiger partial charge in [-0.2, -0.15) is 0 Å². The van der Waals surface area contributed by atoms with E-state index in [1.807, 2.05) is 13.0 Å². The molecule has 1 atom stereocenters. The van der Waals surface area contributed by atoms with E-state index in [2.05, 4.69) is 43.1 Å². The van der Waals surface area contributed by atoms with Crippen molar-refractivity contribution in [1.82, 2.24) is 4.98 Å². The highest BCUT2D eigenvalue weighted by Gasteiger charge is 2.10. The van der Waals surface area contributed by atoms with Gasteiger partial charge in [0.1, 0.15) is 0 Å². The zero-order chi connectivity index (χ0) is 11.7.